The van der Waals surface area contributed by atoms with E-state index in [1.807, 2.05) is 0 Å². The van der Waals surface area contributed by atoms with Crippen LogP contribution in [0.5, 0.6) is 0 Å². The molecule has 1 N–H and O–H groups in total. The lowest BCUT2D eigenvalue weighted by atomic mass is 9.43. The summed E-state index contributed by atoms with van der Waals surface area (Å²) in [7, 11) is 1.48. The second-order valence-electron chi connectivity index (χ2n) is 13.7. The molecule has 0 saturated heterocycles. The maximum atomic E-state index is 11.9. The maximum Gasteiger partial charge on any atom is 0.305 e. The van der Waals surface area contributed by atoms with Crippen LogP contribution in [0.25, 0.3) is 0 Å². The number of carbonyl (C=O) groups is 1. The Morgan fingerprint density at radius 2 is 1.79 bits per heavy atom. The highest BCUT2D eigenvalue weighted by atomic mass is 17.2. The van der Waals surface area contributed by atoms with Crippen molar-refractivity contribution in [2.24, 2.45) is 46.3 Å². The van der Waals surface area contributed by atoms with E-state index in [9.17, 15) is 9.90 Å². The minimum Gasteiger partial charge on any atom is -0.469 e. The van der Waals surface area contributed by atoms with E-state index in [1.54, 1.807) is 0 Å². The standard InChI is InChI=1S/C29H50O5/c1-18(8-13-26(31)32-7)22-11-12-23-21-10-9-19-16-20(30)14-15-28(19,5)24(21)17-25(29(22,23)6)33-34-27(2,3)4/h18-25,30H,8-17H2,1-7H3/t18-,19-,20-,21+,22-,23+,24?,25?,28+,29-/m1/s1. The molecule has 5 nitrogen and oxygen atoms in total. The van der Waals surface area contributed by atoms with Crippen LogP contribution < -0.4 is 0 Å². The van der Waals surface area contributed by atoms with Crippen LogP contribution in [0.15, 0.2) is 0 Å². The average Bonchev–Trinajstić information content (AvgIpc) is 3.13. The number of hydrogen-bond acceptors (Lipinski definition) is 5. The Kier molecular flexibility index (Phi) is 7.51. The van der Waals surface area contributed by atoms with Crippen LogP contribution in [0.2, 0.25) is 0 Å². The predicted molar refractivity (Wildman–Crippen MR) is 133 cm³/mol. The molecular weight excluding hydrogens is 428 g/mol. The highest BCUT2D eigenvalue weighted by Crippen LogP contribution is 2.69. The molecule has 4 saturated carbocycles. The number of aliphatic hydroxyl groups excluding tert-OH is 1. The summed E-state index contributed by atoms with van der Waals surface area (Å²) in [6, 6.07) is 0. The normalized spacial score (nSPS) is 45.1. The Labute approximate surface area is 207 Å². The molecule has 5 heteroatoms. The lowest BCUT2D eigenvalue weighted by Gasteiger charge is -2.62. The Bertz CT molecular complexity index is 731. The van der Waals surface area contributed by atoms with Gasteiger partial charge in [0.05, 0.1) is 24.9 Å². The Hall–Kier alpha value is -0.650. The monoisotopic (exact) mass is 478 g/mol. The molecule has 4 aliphatic carbocycles. The van der Waals surface area contributed by atoms with Crippen LogP contribution >= 0.6 is 0 Å². The number of hydrogen-bond donors (Lipinski definition) is 1. The molecule has 0 radical (unpaired) electrons. The molecule has 0 bridgehead atoms. The van der Waals surface area contributed by atoms with Crippen molar-refractivity contribution in [2.45, 2.75) is 124 Å². The predicted octanol–water partition coefficient (Wildman–Crippen LogP) is 6.32. The third-order valence-corrected chi connectivity index (χ3v) is 10.9. The third kappa shape index (κ3) is 4.70. The van der Waals surface area contributed by atoms with Gasteiger partial charge in [0, 0.05) is 11.8 Å². The van der Waals surface area contributed by atoms with E-state index in [4.69, 9.17) is 14.5 Å². The van der Waals surface area contributed by atoms with E-state index in [0.29, 0.717) is 41.4 Å². The fraction of sp³-hybridized carbons (Fsp3) is 0.966. The first-order valence-corrected chi connectivity index (χ1v) is 14.0. The SMILES string of the molecule is COC(=O)CC[C@@H](C)[C@H]1CC[C@H]2[C@@H]3CC[C@@H]4C[C@H](O)CC[C@]4(C)C3CC(OOC(C)(C)C)[C@]12C. The van der Waals surface area contributed by atoms with Crippen molar-refractivity contribution in [3.8, 4) is 0 Å². The molecule has 0 aromatic heterocycles. The summed E-state index contributed by atoms with van der Waals surface area (Å²) in [6.45, 7) is 13.5. The summed E-state index contributed by atoms with van der Waals surface area (Å²) < 4.78 is 4.93. The van der Waals surface area contributed by atoms with Gasteiger partial charge in [-0.2, -0.15) is 0 Å². The van der Waals surface area contributed by atoms with Gasteiger partial charge in [-0.05, 0) is 119 Å². The zero-order chi connectivity index (χ0) is 24.9. The van der Waals surface area contributed by atoms with E-state index in [1.165, 1.54) is 32.8 Å². The van der Waals surface area contributed by atoms with Crippen LogP contribution in [0.3, 0.4) is 0 Å². The van der Waals surface area contributed by atoms with Gasteiger partial charge in [0.15, 0.2) is 0 Å². The summed E-state index contributed by atoms with van der Waals surface area (Å²) in [5.41, 5.74) is 0.00198. The van der Waals surface area contributed by atoms with Gasteiger partial charge in [0.25, 0.3) is 0 Å². The molecule has 0 amide bonds. The van der Waals surface area contributed by atoms with Crippen molar-refractivity contribution in [3.05, 3.63) is 0 Å². The molecule has 196 valence electrons. The molecule has 10 atom stereocenters. The summed E-state index contributed by atoms with van der Waals surface area (Å²) in [4.78, 5) is 24.3. The zero-order valence-electron chi connectivity index (χ0n) is 22.8. The smallest absolute Gasteiger partial charge is 0.305 e. The summed E-state index contributed by atoms with van der Waals surface area (Å²) in [5.74, 6) is 3.49. The van der Waals surface area contributed by atoms with E-state index < -0.39 is 0 Å². The molecular formula is C29H50O5. The van der Waals surface area contributed by atoms with Crippen molar-refractivity contribution >= 4 is 5.97 Å². The van der Waals surface area contributed by atoms with Gasteiger partial charge in [-0.25, -0.2) is 9.78 Å². The van der Waals surface area contributed by atoms with Crippen molar-refractivity contribution < 1.29 is 24.4 Å². The molecule has 4 rings (SSSR count). The Balaban J connectivity index is 1.62. The van der Waals surface area contributed by atoms with Gasteiger partial charge in [-0.15, -0.1) is 0 Å². The number of carbonyl (C=O) groups excluding carboxylic acids is 1. The van der Waals surface area contributed by atoms with Crippen LogP contribution in [0, 0.1) is 46.3 Å². The molecule has 0 aliphatic heterocycles. The molecule has 0 heterocycles. The number of esters is 1. The zero-order valence-corrected chi connectivity index (χ0v) is 22.8. The number of ether oxygens (including phenoxy) is 1. The van der Waals surface area contributed by atoms with E-state index in [-0.39, 0.29) is 29.2 Å². The molecule has 34 heavy (non-hydrogen) atoms. The highest BCUT2D eigenvalue weighted by Gasteiger charge is 2.64. The topological polar surface area (TPSA) is 65.0 Å². The van der Waals surface area contributed by atoms with Gasteiger partial charge >= 0.3 is 5.97 Å². The van der Waals surface area contributed by atoms with Gasteiger partial charge in [0.1, 0.15) is 0 Å². The van der Waals surface area contributed by atoms with Crippen LogP contribution in [-0.4, -0.2) is 36.0 Å². The fourth-order valence-corrected chi connectivity index (χ4v) is 9.13. The van der Waals surface area contributed by atoms with E-state index in [0.717, 1.165) is 38.0 Å². The van der Waals surface area contributed by atoms with Gasteiger partial charge in [0.2, 0.25) is 0 Å². The summed E-state index contributed by atoms with van der Waals surface area (Å²) in [5, 5.41) is 10.4. The average molecular weight is 479 g/mol. The minimum absolute atomic E-state index is 0.0549. The molecule has 0 aromatic carbocycles. The summed E-state index contributed by atoms with van der Waals surface area (Å²) >= 11 is 0. The molecule has 0 aromatic rings. The Morgan fingerprint density at radius 1 is 1.06 bits per heavy atom. The molecule has 0 spiro atoms. The first kappa shape index (κ1) is 26.4. The van der Waals surface area contributed by atoms with Gasteiger partial charge in [-0.1, -0.05) is 20.8 Å². The first-order chi connectivity index (χ1) is 15.9. The number of methoxy groups -OCH3 is 1. The lowest BCUT2D eigenvalue weighted by Crippen LogP contribution is -2.59. The van der Waals surface area contributed by atoms with Gasteiger partial charge in [-0.3, -0.25) is 4.79 Å². The molecule has 4 aliphatic rings. The fourth-order valence-electron chi connectivity index (χ4n) is 9.13. The summed E-state index contributed by atoms with van der Waals surface area (Å²) in [6.07, 6.45) is 10.4. The van der Waals surface area contributed by atoms with Crippen molar-refractivity contribution in [1.82, 2.24) is 0 Å². The third-order valence-electron chi connectivity index (χ3n) is 10.9. The maximum absolute atomic E-state index is 11.9. The van der Waals surface area contributed by atoms with Crippen molar-refractivity contribution in [1.29, 1.82) is 0 Å². The van der Waals surface area contributed by atoms with Gasteiger partial charge < -0.3 is 9.84 Å². The van der Waals surface area contributed by atoms with Crippen molar-refractivity contribution in [3.63, 3.8) is 0 Å². The lowest BCUT2D eigenvalue weighted by molar-refractivity contribution is -0.404. The number of aliphatic hydroxyl groups is 1. The number of fused-ring (bicyclic) bond motifs is 5. The second kappa shape index (κ2) is 9.67. The second-order valence-corrected chi connectivity index (χ2v) is 13.7. The van der Waals surface area contributed by atoms with Crippen LogP contribution in [0.4, 0.5) is 0 Å². The minimum atomic E-state index is -0.346. The largest absolute Gasteiger partial charge is 0.469 e. The van der Waals surface area contributed by atoms with Crippen LogP contribution in [-0.2, 0) is 19.3 Å². The van der Waals surface area contributed by atoms with Crippen LogP contribution in [0.1, 0.15) is 106 Å². The first-order valence-electron chi connectivity index (χ1n) is 14.0. The van der Waals surface area contributed by atoms with Crippen molar-refractivity contribution in [2.75, 3.05) is 7.11 Å². The van der Waals surface area contributed by atoms with E-state index in [2.05, 4.69) is 41.5 Å². The molecule has 2 unspecified atom stereocenters. The number of rotatable bonds is 6. The quantitative estimate of drug-likeness (QED) is 0.275. The van der Waals surface area contributed by atoms with E-state index >= 15 is 0 Å². The Morgan fingerprint density at radius 3 is 2.47 bits per heavy atom. The highest BCUT2D eigenvalue weighted by molar-refractivity contribution is 5.69. The molecule has 4 fully saturated rings.